The molecule has 1 saturated carbocycles. The molecule has 2 N–H and O–H groups in total. The minimum Gasteiger partial charge on any atom is -0.367 e. The van der Waals surface area contributed by atoms with Gasteiger partial charge in [-0.05, 0) is 18.9 Å². The highest BCUT2D eigenvalue weighted by Crippen LogP contribution is 2.17. The number of aromatic nitrogens is 1. The van der Waals surface area contributed by atoms with E-state index in [1.165, 1.54) is 25.7 Å². The second kappa shape index (κ2) is 5.01. The van der Waals surface area contributed by atoms with Gasteiger partial charge in [0.2, 0.25) is 0 Å². The highest BCUT2D eigenvalue weighted by atomic mass is 16.1. The van der Waals surface area contributed by atoms with Gasteiger partial charge in [-0.15, -0.1) is 0 Å². The van der Waals surface area contributed by atoms with Gasteiger partial charge in [-0.3, -0.25) is 4.79 Å². The number of hydrogen-bond donors (Lipinski definition) is 2. The van der Waals surface area contributed by atoms with Gasteiger partial charge in [0.15, 0.2) is 0 Å². The van der Waals surface area contributed by atoms with E-state index < -0.39 is 0 Å². The van der Waals surface area contributed by atoms with Gasteiger partial charge in [0.05, 0.1) is 5.56 Å². The molecule has 0 bridgehead atoms. The molecule has 1 amide bonds. The van der Waals surface area contributed by atoms with Crippen LogP contribution in [-0.2, 0) is 0 Å². The third kappa shape index (κ3) is 2.85. The predicted octanol–water partition coefficient (Wildman–Crippen LogP) is 2.47. The minimum absolute atomic E-state index is 0.0585. The molecule has 0 spiro atoms. The van der Waals surface area contributed by atoms with Crippen LogP contribution in [0.1, 0.15) is 48.9 Å². The standard InChI is InChI=1S/C12H18N2O/c15-12(10-7-8-13-9-10)14-11-5-3-1-2-4-6-11/h7-9,11,13H,1-6H2,(H,14,15). The third-order valence-electron chi connectivity index (χ3n) is 3.05. The van der Waals surface area contributed by atoms with E-state index in [0.717, 1.165) is 18.4 Å². The van der Waals surface area contributed by atoms with Crippen LogP contribution in [-0.4, -0.2) is 16.9 Å². The van der Waals surface area contributed by atoms with Crippen molar-refractivity contribution in [2.75, 3.05) is 0 Å². The monoisotopic (exact) mass is 206 g/mol. The van der Waals surface area contributed by atoms with Gasteiger partial charge in [0.1, 0.15) is 0 Å². The Morgan fingerprint density at radius 2 is 2.00 bits per heavy atom. The number of hydrogen-bond acceptors (Lipinski definition) is 1. The number of carbonyl (C=O) groups is 1. The Morgan fingerprint density at radius 3 is 2.60 bits per heavy atom. The fourth-order valence-corrected chi connectivity index (χ4v) is 2.16. The summed E-state index contributed by atoms with van der Waals surface area (Å²) in [7, 11) is 0. The zero-order valence-corrected chi connectivity index (χ0v) is 8.96. The van der Waals surface area contributed by atoms with Crippen LogP contribution in [0.3, 0.4) is 0 Å². The molecule has 1 aromatic rings. The van der Waals surface area contributed by atoms with Crippen molar-refractivity contribution in [3.05, 3.63) is 24.0 Å². The summed E-state index contributed by atoms with van der Waals surface area (Å²) in [6.07, 6.45) is 10.9. The molecule has 1 aliphatic carbocycles. The van der Waals surface area contributed by atoms with Crippen molar-refractivity contribution < 1.29 is 4.79 Å². The normalized spacial score (nSPS) is 18.4. The Morgan fingerprint density at radius 1 is 1.27 bits per heavy atom. The lowest BCUT2D eigenvalue weighted by Crippen LogP contribution is -2.34. The molecule has 0 aliphatic heterocycles. The average Bonchev–Trinajstić information content (AvgIpc) is 2.65. The number of amides is 1. The summed E-state index contributed by atoms with van der Waals surface area (Å²) in [4.78, 5) is 14.7. The minimum atomic E-state index is 0.0585. The molecular weight excluding hydrogens is 188 g/mol. The SMILES string of the molecule is O=C(NC1CCCCCC1)c1cc[nH]c1. The number of carbonyl (C=O) groups excluding carboxylic acids is 1. The van der Waals surface area contributed by atoms with Crippen molar-refractivity contribution in [1.82, 2.24) is 10.3 Å². The average molecular weight is 206 g/mol. The lowest BCUT2D eigenvalue weighted by molar-refractivity contribution is 0.0933. The van der Waals surface area contributed by atoms with Gasteiger partial charge < -0.3 is 10.3 Å². The second-order valence-corrected chi connectivity index (χ2v) is 4.26. The first kappa shape index (κ1) is 10.3. The number of H-pyrrole nitrogens is 1. The summed E-state index contributed by atoms with van der Waals surface area (Å²) in [6.45, 7) is 0. The molecule has 1 heterocycles. The van der Waals surface area contributed by atoms with Gasteiger partial charge in [0.25, 0.3) is 5.91 Å². The first-order valence-corrected chi connectivity index (χ1v) is 5.80. The number of rotatable bonds is 2. The van der Waals surface area contributed by atoms with Crippen molar-refractivity contribution in [3.63, 3.8) is 0 Å². The zero-order valence-electron chi connectivity index (χ0n) is 8.96. The lowest BCUT2D eigenvalue weighted by atomic mass is 10.1. The quantitative estimate of drug-likeness (QED) is 0.717. The van der Waals surface area contributed by atoms with Gasteiger partial charge in [-0.25, -0.2) is 0 Å². The van der Waals surface area contributed by atoms with E-state index in [0.29, 0.717) is 6.04 Å². The van der Waals surface area contributed by atoms with E-state index in [4.69, 9.17) is 0 Å². The van der Waals surface area contributed by atoms with Gasteiger partial charge in [-0.1, -0.05) is 25.7 Å². The second-order valence-electron chi connectivity index (χ2n) is 4.26. The van der Waals surface area contributed by atoms with E-state index in [9.17, 15) is 4.79 Å². The summed E-state index contributed by atoms with van der Waals surface area (Å²) < 4.78 is 0. The van der Waals surface area contributed by atoms with Crippen molar-refractivity contribution in [3.8, 4) is 0 Å². The molecule has 3 nitrogen and oxygen atoms in total. The van der Waals surface area contributed by atoms with Gasteiger partial charge in [-0.2, -0.15) is 0 Å². The maximum atomic E-state index is 11.8. The Bertz CT molecular complexity index is 297. The van der Waals surface area contributed by atoms with Crippen LogP contribution in [0.15, 0.2) is 18.5 Å². The van der Waals surface area contributed by atoms with Crippen molar-refractivity contribution in [2.45, 2.75) is 44.6 Å². The largest absolute Gasteiger partial charge is 0.367 e. The molecule has 3 heteroatoms. The fraction of sp³-hybridized carbons (Fsp3) is 0.583. The summed E-state index contributed by atoms with van der Waals surface area (Å²) in [5, 5.41) is 3.10. The highest BCUT2D eigenvalue weighted by Gasteiger charge is 2.15. The topological polar surface area (TPSA) is 44.9 Å². The van der Waals surface area contributed by atoms with Crippen LogP contribution < -0.4 is 5.32 Å². The van der Waals surface area contributed by atoms with Crippen LogP contribution in [0.2, 0.25) is 0 Å². The zero-order chi connectivity index (χ0) is 10.5. The fourth-order valence-electron chi connectivity index (χ4n) is 2.16. The summed E-state index contributed by atoms with van der Waals surface area (Å²) in [6, 6.07) is 2.20. The Balaban J connectivity index is 1.87. The molecule has 82 valence electrons. The van der Waals surface area contributed by atoms with Crippen molar-refractivity contribution in [2.24, 2.45) is 0 Å². The molecule has 1 aliphatic rings. The molecule has 0 aromatic carbocycles. The Hall–Kier alpha value is -1.25. The molecule has 0 unspecified atom stereocenters. The molecule has 2 rings (SSSR count). The molecular formula is C12H18N2O. The molecule has 1 fully saturated rings. The molecule has 0 atom stereocenters. The summed E-state index contributed by atoms with van der Waals surface area (Å²) >= 11 is 0. The third-order valence-corrected chi connectivity index (χ3v) is 3.05. The maximum absolute atomic E-state index is 11.8. The lowest BCUT2D eigenvalue weighted by Gasteiger charge is -2.15. The van der Waals surface area contributed by atoms with Crippen LogP contribution in [0.4, 0.5) is 0 Å². The molecule has 0 radical (unpaired) electrons. The van der Waals surface area contributed by atoms with E-state index >= 15 is 0 Å². The smallest absolute Gasteiger partial charge is 0.253 e. The first-order chi connectivity index (χ1) is 7.36. The van der Waals surface area contributed by atoms with Crippen molar-refractivity contribution >= 4 is 5.91 Å². The van der Waals surface area contributed by atoms with E-state index in [-0.39, 0.29) is 5.91 Å². The van der Waals surface area contributed by atoms with Gasteiger partial charge in [0, 0.05) is 18.4 Å². The van der Waals surface area contributed by atoms with Crippen molar-refractivity contribution in [1.29, 1.82) is 0 Å². The summed E-state index contributed by atoms with van der Waals surface area (Å²) in [5.41, 5.74) is 0.735. The van der Waals surface area contributed by atoms with Crippen LogP contribution in [0, 0.1) is 0 Å². The predicted molar refractivity (Wildman–Crippen MR) is 59.7 cm³/mol. The molecule has 0 saturated heterocycles. The maximum Gasteiger partial charge on any atom is 0.253 e. The molecule has 15 heavy (non-hydrogen) atoms. The van der Waals surface area contributed by atoms with Gasteiger partial charge >= 0.3 is 0 Å². The first-order valence-electron chi connectivity index (χ1n) is 5.80. The Kier molecular flexibility index (Phi) is 3.43. The summed E-state index contributed by atoms with van der Waals surface area (Å²) in [5.74, 6) is 0.0585. The number of aromatic amines is 1. The number of nitrogens with one attached hydrogen (secondary N) is 2. The Labute approximate surface area is 90.3 Å². The molecule has 1 aromatic heterocycles. The highest BCUT2D eigenvalue weighted by molar-refractivity contribution is 5.94. The van der Waals surface area contributed by atoms with E-state index in [2.05, 4.69) is 10.3 Å². The van der Waals surface area contributed by atoms with E-state index in [1.807, 2.05) is 6.07 Å². The van der Waals surface area contributed by atoms with Crippen LogP contribution >= 0.6 is 0 Å². The van der Waals surface area contributed by atoms with E-state index in [1.54, 1.807) is 12.4 Å². The van der Waals surface area contributed by atoms with Crippen LogP contribution in [0.5, 0.6) is 0 Å². The van der Waals surface area contributed by atoms with Crippen LogP contribution in [0.25, 0.3) is 0 Å².